The third kappa shape index (κ3) is 1.45. The summed E-state index contributed by atoms with van der Waals surface area (Å²) >= 11 is 0. The minimum absolute atomic E-state index is 0. The van der Waals surface area contributed by atoms with Crippen molar-refractivity contribution in [2.45, 2.75) is 20.8 Å². The molecule has 2 rings (SSSR count). The van der Waals surface area contributed by atoms with Crippen LogP contribution >= 0.6 is 0 Å². The number of aryl methyl sites for hydroxylation is 1. The Morgan fingerprint density at radius 2 is 1.83 bits per heavy atom. The highest BCUT2D eigenvalue weighted by molar-refractivity contribution is 5.54. The first kappa shape index (κ1) is 9.11. The molecule has 66 valence electrons. The molecule has 0 unspecified atom stereocenters. The van der Waals surface area contributed by atoms with E-state index in [0.717, 1.165) is 0 Å². The van der Waals surface area contributed by atoms with Crippen LogP contribution in [0.3, 0.4) is 0 Å². The molecule has 1 aromatic rings. The van der Waals surface area contributed by atoms with Crippen LogP contribution in [0.25, 0.3) is 0 Å². The Hall–Kier alpha value is -0.980. The second-order valence-electron chi connectivity index (χ2n) is 3.13. The van der Waals surface area contributed by atoms with Gasteiger partial charge < -0.3 is 4.90 Å². The topological polar surface area (TPSA) is 3.24 Å². The fourth-order valence-electron chi connectivity index (χ4n) is 1.48. The Labute approximate surface area is 75.0 Å². The first-order valence-electron chi connectivity index (χ1n) is 4.18. The molecule has 1 heterocycles. The van der Waals surface area contributed by atoms with Crippen LogP contribution in [0, 0.1) is 6.92 Å². The van der Waals surface area contributed by atoms with Crippen LogP contribution < -0.4 is 4.90 Å². The molecule has 0 radical (unpaired) electrons. The molecule has 1 saturated heterocycles. The minimum atomic E-state index is 0. The minimum Gasteiger partial charge on any atom is -0.371 e. The van der Waals surface area contributed by atoms with Gasteiger partial charge in [0.2, 0.25) is 0 Å². The molecule has 1 nitrogen and oxygen atoms in total. The number of hydrogen-bond acceptors (Lipinski definition) is 1. The van der Waals surface area contributed by atoms with Crippen molar-refractivity contribution in [2.24, 2.45) is 0 Å². The lowest BCUT2D eigenvalue weighted by Crippen LogP contribution is -2.37. The van der Waals surface area contributed by atoms with Gasteiger partial charge in [-0.1, -0.05) is 25.6 Å². The Morgan fingerprint density at radius 3 is 2.33 bits per heavy atom. The van der Waals surface area contributed by atoms with Crippen molar-refractivity contribution in [3.05, 3.63) is 29.8 Å². The van der Waals surface area contributed by atoms with E-state index in [1.807, 2.05) is 0 Å². The summed E-state index contributed by atoms with van der Waals surface area (Å²) in [6, 6.07) is 8.58. The van der Waals surface area contributed by atoms with E-state index in [-0.39, 0.29) is 7.43 Å². The summed E-state index contributed by atoms with van der Waals surface area (Å²) in [5.74, 6) is 0. The largest absolute Gasteiger partial charge is 0.371 e. The molecule has 1 aliphatic heterocycles. The molecule has 0 spiro atoms. The predicted octanol–water partition coefficient (Wildman–Crippen LogP) is 2.84. The quantitative estimate of drug-likeness (QED) is 0.615. The van der Waals surface area contributed by atoms with Gasteiger partial charge in [-0.2, -0.15) is 0 Å². The van der Waals surface area contributed by atoms with Gasteiger partial charge in [0.25, 0.3) is 0 Å². The van der Waals surface area contributed by atoms with E-state index in [2.05, 4.69) is 36.1 Å². The number of hydrogen-bond donors (Lipinski definition) is 0. The Morgan fingerprint density at radius 1 is 1.17 bits per heavy atom. The Kier molecular flexibility index (Phi) is 2.74. The van der Waals surface area contributed by atoms with Crippen LogP contribution in [-0.4, -0.2) is 13.1 Å². The van der Waals surface area contributed by atoms with Crippen LogP contribution in [0.1, 0.15) is 19.4 Å². The first-order chi connectivity index (χ1) is 5.38. The molecule has 1 fully saturated rings. The number of nitrogens with zero attached hydrogens (tertiary/aromatic N) is 1. The van der Waals surface area contributed by atoms with Gasteiger partial charge in [0.15, 0.2) is 0 Å². The summed E-state index contributed by atoms with van der Waals surface area (Å²) in [6.45, 7) is 4.66. The highest BCUT2D eigenvalue weighted by atomic mass is 15.2. The molecule has 0 N–H and O–H groups in total. The van der Waals surface area contributed by atoms with Crippen LogP contribution in [0.15, 0.2) is 24.3 Å². The van der Waals surface area contributed by atoms with Gasteiger partial charge in [-0.25, -0.2) is 0 Å². The van der Waals surface area contributed by atoms with E-state index in [9.17, 15) is 0 Å². The zero-order valence-electron chi connectivity index (χ0n) is 6.88. The second-order valence-corrected chi connectivity index (χ2v) is 3.13. The lowest BCUT2D eigenvalue weighted by Gasteiger charge is -2.34. The number of para-hydroxylation sites is 1. The Bertz CT molecular complexity index is 251. The molecule has 0 atom stereocenters. The zero-order chi connectivity index (χ0) is 7.68. The summed E-state index contributed by atoms with van der Waals surface area (Å²) in [6.07, 6.45) is 1.36. The maximum absolute atomic E-state index is 2.43. The maximum Gasteiger partial charge on any atom is 0.0395 e. The molecule has 0 amide bonds. The van der Waals surface area contributed by atoms with Gasteiger partial charge in [0.05, 0.1) is 0 Å². The highest BCUT2D eigenvalue weighted by Crippen LogP contribution is 2.23. The smallest absolute Gasteiger partial charge is 0.0395 e. The number of benzene rings is 1. The van der Waals surface area contributed by atoms with Gasteiger partial charge in [0, 0.05) is 18.8 Å². The van der Waals surface area contributed by atoms with E-state index in [1.165, 1.54) is 30.8 Å². The molecular formula is C11H17N. The monoisotopic (exact) mass is 163 g/mol. The van der Waals surface area contributed by atoms with Crippen molar-refractivity contribution in [1.29, 1.82) is 0 Å². The molecule has 1 aromatic carbocycles. The standard InChI is InChI=1S/C10H13N.CH4/c1-9-5-2-3-6-10(9)11-7-4-8-11;/h2-3,5-6H,4,7-8H2,1H3;1H4. The van der Waals surface area contributed by atoms with Crippen molar-refractivity contribution < 1.29 is 0 Å². The summed E-state index contributed by atoms with van der Waals surface area (Å²) in [7, 11) is 0. The summed E-state index contributed by atoms with van der Waals surface area (Å²) in [5.41, 5.74) is 2.81. The first-order valence-corrected chi connectivity index (χ1v) is 4.18. The van der Waals surface area contributed by atoms with Crippen LogP contribution in [0.4, 0.5) is 5.69 Å². The van der Waals surface area contributed by atoms with Crippen molar-refractivity contribution in [1.82, 2.24) is 0 Å². The molecule has 0 saturated carbocycles. The molecule has 0 bridgehead atoms. The van der Waals surface area contributed by atoms with Crippen molar-refractivity contribution in [3.63, 3.8) is 0 Å². The normalized spacial score (nSPS) is 14.9. The zero-order valence-corrected chi connectivity index (χ0v) is 6.88. The molecule has 12 heavy (non-hydrogen) atoms. The summed E-state index contributed by atoms with van der Waals surface area (Å²) in [4.78, 5) is 2.43. The van der Waals surface area contributed by atoms with Crippen LogP contribution in [0.2, 0.25) is 0 Å². The number of rotatable bonds is 1. The third-order valence-corrected chi connectivity index (χ3v) is 2.31. The molecular weight excluding hydrogens is 146 g/mol. The lowest BCUT2D eigenvalue weighted by molar-refractivity contribution is 0.616. The lowest BCUT2D eigenvalue weighted by atomic mass is 10.1. The van der Waals surface area contributed by atoms with Crippen LogP contribution in [-0.2, 0) is 0 Å². The van der Waals surface area contributed by atoms with Crippen molar-refractivity contribution in [3.8, 4) is 0 Å². The van der Waals surface area contributed by atoms with E-state index in [4.69, 9.17) is 0 Å². The van der Waals surface area contributed by atoms with Gasteiger partial charge in [-0.05, 0) is 25.0 Å². The van der Waals surface area contributed by atoms with E-state index < -0.39 is 0 Å². The van der Waals surface area contributed by atoms with Gasteiger partial charge in [-0.15, -0.1) is 0 Å². The average molecular weight is 163 g/mol. The fourth-order valence-corrected chi connectivity index (χ4v) is 1.48. The van der Waals surface area contributed by atoms with Gasteiger partial charge >= 0.3 is 0 Å². The number of anilines is 1. The van der Waals surface area contributed by atoms with E-state index >= 15 is 0 Å². The maximum atomic E-state index is 2.43. The summed E-state index contributed by atoms with van der Waals surface area (Å²) < 4.78 is 0. The third-order valence-electron chi connectivity index (χ3n) is 2.31. The van der Waals surface area contributed by atoms with Crippen LogP contribution in [0.5, 0.6) is 0 Å². The molecule has 0 aliphatic carbocycles. The van der Waals surface area contributed by atoms with Crippen molar-refractivity contribution in [2.75, 3.05) is 18.0 Å². The highest BCUT2D eigenvalue weighted by Gasteiger charge is 2.14. The fraction of sp³-hybridized carbons (Fsp3) is 0.455. The molecule has 0 aromatic heterocycles. The SMILES string of the molecule is C.Cc1ccccc1N1CCC1. The predicted molar refractivity (Wildman–Crippen MR) is 54.7 cm³/mol. The Balaban J connectivity index is 0.000000720. The molecule has 1 heteroatoms. The average Bonchev–Trinajstić information content (AvgIpc) is 1.90. The van der Waals surface area contributed by atoms with Crippen molar-refractivity contribution >= 4 is 5.69 Å². The van der Waals surface area contributed by atoms with E-state index in [0.29, 0.717) is 0 Å². The second kappa shape index (κ2) is 3.61. The summed E-state index contributed by atoms with van der Waals surface area (Å²) in [5, 5.41) is 0. The molecule has 1 aliphatic rings. The van der Waals surface area contributed by atoms with E-state index in [1.54, 1.807) is 0 Å². The van der Waals surface area contributed by atoms with Gasteiger partial charge in [-0.3, -0.25) is 0 Å². The van der Waals surface area contributed by atoms with Gasteiger partial charge in [0.1, 0.15) is 0 Å².